The van der Waals surface area contributed by atoms with Crippen LogP contribution in [0, 0.1) is 41.9 Å². The summed E-state index contributed by atoms with van der Waals surface area (Å²) in [7, 11) is 0. The van der Waals surface area contributed by atoms with Gasteiger partial charge in [-0.1, -0.05) is 106 Å². The second kappa shape index (κ2) is 14.7. The molecule has 0 atom stereocenters. The van der Waals surface area contributed by atoms with E-state index in [4.69, 9.17) is 20.4 Å². The molecule has 4 aromatic carbocycles. The van der Waals surface area contributed by atoms with Crippen LogP contribution in [0.5, 0.6) is 11.5 Å². The molecule has 1 radical (unpaired) electrons. The van der Waals surface area contributed by atoms with Gasteiger partial charge in [-0.15, -0.1) is 30.0 Å². The van der Waals surface area contributed by atoms with Crippen molar-refractivity contribution in [3.63, 3.8) is 0 Å². The van der Waals surface area contributed by atoms with Gasteiger partial charge in [0, 0.05) is 67.2 Å². The standard InChI is InChI=1S/C41H50N6O2.U.V/c1-38(2,3)24-40(7,8)28-20-26(36(48)34(22-28)46-42-30-15-11-12-16-31(30)43-46)19-27-21-29(41(9,10)25-39(4,5)6)23-35(37(27)49)47-44-32-17-13-14-18-33(32)45-47;;/h11-18,20-23,48-49H,19,24-25H2,1-10H3;;. The quantitative estimate of drug-likeness (QED) is 0.158. The van der Waals surface area contributed by atoms with Gasteiger partial charge in [0.2, 0.25) is 0 Å². The Hall–Kier alpha value is -3.08. The summed E-state index contributed by atoms with van der Waals surface area (Å²) in [6, 6.07) is 23.6. The number of hydrogen-bond donors (Lipinski definition) is 2. The molecule has 51 heavy (non-hydrogen) atoms. The molecule has 0 amide bonds. The molecule has 265 valence electrons. The van der Waals surface area contributed by atoms with Gasteiger partial charge >= 0.3 is 0 Å². The van der Waals surface area contributed by atoms with Gasteiger partial charge in [-0.05, 0) is 82.0 Å². The van der Waals surface area contributed by atoms with Crippen molar-refractivity contribution in [3.05, 3.63) is 95.1 Å². The Morgan fingerprint density at radius 2 is 0.804 bits per heavy atom. The third-order valence-corrected chi connectivity index (χ3v) is 9.23. The number of benzene rings is 4. The largest absolute Gasteiger partial charge is 0.505 e. The van der Waals surface area contributed by atoms with E-state index >= 15 is 0 Å². The second-order valence-electron chi connectivity index (χ2n) is 17.4. The zero-order valence-corrected chi connectivity index (χ0v) is 37.1. The summed E-state index contributed by atoms with van der Waals surface area (Å²) in [5.74, 6) is 0.165. The van der Waals surface area contributed by atoms with Gasteiger partial charge in [0.25, 0.3) is 0 Å². The predicted molar refractivity (Wildman–Crippen MR) is 198 cm³/mol. The summed E-state index contributed by atoms with van der Waals surface area (Å²) in [4.78, 5) is 3.07. The van der Waals surface area contributed by atoms with Gasteiger partial charge in [0.05, 0.1) is 0 Å². The fraction of sp³-hybridized carbons (Fsp3) is 0.415. The Morgan fingerprint density at radius 1 is 0.510 bits per heavy atom. The van der Waals surface area contributed by atoms with Crippen LogP contribution in [0.2, 0.25) is 0 Å². The zero-order chi connectivity index (χ0) is 35.5. The molecule has 0 aliphatic rings. The molecule has 0 saturated heterocycles. The molecular weight excluding hydrogens is 897 g/mol. The molecule has 2 aromatic heterocycles. The maximum Gasteiger partial charge on any atom is 0.146 e. The Labute approximate surface area is 337 Å². The number of rotatable bonds is 8. The molecule has 0 saturated carbocycles. The molecule has 2 heterocycles. The van der Waals surface area contributed by atoms with Gasteiger partial charge in [0.1, 0.15) is 44.9 Å². The molecule has 6 rings (SSSR count). The summed E-state index contributed by atoms with van der Waals surface area (Å²) in [5, 5.41) is 42.9. The van der Waals surface area contributed by atoms with Crippen molar-refractivity contribution in [2.45, 2.75) is 99.3 Å². The topological polar surface area (TPSA) is 102 Å². The van der Waals surface area contributed by atoms with Crippen molar-refractivity contribution in [2.75, 3.05) is 0 Å². The molecule has 10 heteroatoms. The molecule has 0 bridgehead atoms. The third-order valence-electron chi connectivity index (χ3n) is 9.23. The van der Waals surface area contributed by atoms with Crippen molar-refractivity contribution < 1.29 is 59.9 Å². The maximum atomic E-state index is 12.0. The first kappa shape index (κ1) is 40.7. The van der Waals surface area contributed by atoms with Crippen LogP contribution in [-0.2, 0) is 35.8 Å². The van der Waals surface area contributed by atoms with Crippen LogP contribution < -0.4 is 0 Å². The van der Waals surface area contributed by atoms with Gasteiger partial charge in [0.15, 0.2) is 0 Å². The smallest absolute Gasteiger partial charge is 0.146 e. The minimum atomic E-state index is -0.231. The van der Waals surface area contributed by atoms with E-state index in [0.29, 0.717) is 22.5 Å². The fourth-order valence-corrected chi connectivity index (χ4v) is 7.71. The van der Waals surface area contributed by atoms with Crippen LogP contribution in [-0.4, -0.2) is 40.2 Å². The first-order valence-corrected chi connectivity index (χ1v) is 17.2. The van der Waals surface area contributed by atoms with Gasteiger partial charge < -0.3 is 10.2 Å². The van der Waals surface area contributed by atoms with Crippen molar-refractivity contribution in [1.82, 2.24) is 30.0 Å². The summed E-state index contributed by atoms with van der Waals surface area (Å²) in [6.45, 7) is 22.4. The zero-order valence-electron chi connectivity index (χ0n) is 31.6. The number of phenols is 2. The Kier molecular flexibility index (Phi) is 11.8. The van der Waals surface area contributed by atoms with E-state index in [2.05, 4.69) is 81.4 Å². The van der Waals surface area contributed by atoms with Crippen LogP contribution in [0.25, 0.3) is 33.4 Å². The van der Waals surface area contributed by atoms with E-state index in [1.54, 1.807) is 0 Å². The molecule has 0 aliphatic carbocycles. The summed E-state index contributed by atoms with van der Waals surface area (Å²) < 4.78 is 0. The van der Waals surface area contributed by atoms with Crippen LogP contribution in [0.4, 0.5) is 0 Å². The number of hydrogen-bond acceptors (Lipinski definition) is 6. The Bertz CT molecular complexity index is 1950. The van der Waals surface area contributed by atoms with Gasteiger partial charge in [-0.25, -0.2) is 0 Å². The van der Waals surface area contributed by atoms with E-state index in [1.165, 1.54) is 9.59 Å². The van der Waals surface area contributed by atoms with Crippen molar-refractivity contribution in [1.29, 1.82) is 0 Å². The monoisotopic (exact) mass is 947 g/mol. The molecule has 0 spiro atoms. The summed E-state index contributed by atoms with van der Waals surface area (Å²) in [5.41, 5.74) is 7.18. The fourth-order valence-electron chi connectivity index (χ4n) is 7.71. The molecule has 0 fully saturated rings. The number of aromatic hydroxyl groups is 2. The molecular formula is C41H50N6O2UV. The maximum absolute atomic E-state index is 12.0. The normalized spacial score (nSPS) is 12.6. The summed E-state index contributed by atoms with van der Waals surface area (Å²) in [6.07, 6.45) is 2.11. The second-order valence-corrected chi connectivity index (χ2v) is 17.4. The van der Waals surface area contributed by atoms with E-state index in [9.17, 15) is 10.2 Å². The molecule has 0 unspecified atom stereocenters. The van der Waals surface area contributed by atoms with Crippen LogP contribution in [0.1, 0.15) is 104 Å². The molecule has 2 N–H and O–H groups in total. The molecule has 6 aromatic rings. The van der Waals surface area contributed by atoms with E-state index in [0.717, 1.165) is 46.0 Å². The van der Waals surface area contributed by atoms with E-state index < -0.39 is 0 Å². The summed E-state index contributed by atoms with van der Waals surface area (Å²) >= 11 is 0. The number of phenolic OH excluding ortho intramolecular Hbond substituents is 2. The van der Waals surface area contributed by atoms with Gasteiger partial charge in [-0.3, -0.25) is 0 Å². The predicted octanol–water partition coefficient (Wildman–Crippen LogP) is 9.58. The Morgan fingerprint density at radius 3 is 1.08 bits per heavy atom. The van der Waals surface area contributed by atoms with Crippen LogP contribution >= 0.6 is 0 Å². The number of fused-ring (bicyclic) bond motifs is 2. The first-order valence-electron chi connectivity index (χ1n) is 17.2. The van der Waals surface area contributed by atoms with Crippen LogP contribution in [0.15, 0.2) is 72.8 Å². The molecule has 0 aliphatic heterocycles. The van der Waals surface area contributed by atoms with Crippen molar-refractivity contribution >= 4 is 22.1 Å². The van der Waals surface area contributed by atoms with Crippen molar-refractivity contribution in [3.8, 4) is 22.9 Å². The first-order chi connectivity index (χ1) is 22.8. The minimum Gasteiger partial charge on any atom is -0.505 e. The van der Waals surface area contributed by atoms with Gasteiger partial charge in [-0.2, -0.15) is 0 Å². The average Bonchev–Trinajstić information content (AvgIpc) is 3.61. The SMILES string of the molecule is CC(C)(C)CC(C)(C)c1cc(Cc2cc(C(C)(C)CC(C)(C)C)cc(-n3nc4ccccc4n3)c2O)c(O)c(-n2nc3ccccc3n2)c1.[U].[V]. The average molecular weight is 948 g/mol. The number of nitrogens with zero attached hydrogens (tertiary/aromatic N) is 6. The molecule has 8 nitrogen and oxygen atoms in total. The Balaban J connectivity index is 0.00000292. The van der Waals surface area contributed by atoms with Crippen molar-refractivity contribution in [2.24, 2.45) is 10.8 Å². The number of aromatic nitrogens is 6. The van der Waals surface area contributed by atoms with Crippen LogP contribution in [0.3, 0.4) is 0 Å². The minimum absolute atomic E-state index is 0. The van der Waals surface area contributed by atoms with E-state index in [-0.39, 0.29) is 89.2 Å². The van der Waals surface area contributed by atoms with E-state index in [1.807, 2.05) is 60.7 Å². The third kappa shape index (κ3) is 8.94.